The largest absolute Gasteiger partial charge is 0.471 e. The minimum atomic E-state index is -5.05. The Hall–Kier alpha value is -3.46. The van der Waals surface area contributed by atoms with Gasteiger partial charge >= 0.3 is 12.1 Å². The molecule has 2 fully saturated rings. The lowest BCUT2D eigenvalue weighted by Crippen LogP contribution is -2.48. The number of alkyl halides is 3. The fourth-order valence-corrected chi connectivity index (χ4v) is 6.35. The molecule has 0 saturated carbocycles. The number of aromatic nitrogens is 3. The lowest BCUT2D eigenvalue weighted by Gasteiger charge is -2.41. The summed E-state index contributed by atoms with van der Waals surface area (Å²) in [5.74, 6) is -2.22. The van der Waals surface area contributed by atoms with Crippen LogP contribution in [0.4, 0.5) is 18.9 Å². The summed E-state index contributed by atoms with van der Waals surface area (Å²) in [4.78, 5) is 25.4. The topological polar surface area (TPSA) is 119 Å². The van der Waals surface area contributed by atoms with Crippen LogP contribution in [0.5, 0.6) is 0 Å². The second-order valence-corrected chi connectivity index (χ2v) is 11.6. The lowest BCUT2D eigenvalue weighted by molar-refractivity contribution is -0.268. The number of halogens is 3. The highest BCUT2D eigenvalue weighted by molar-refractivity contribution is 7.99. The van der Waals surface area contributed by atoms with E-state index < -0.39 is 30.3 Å². The van der Waals surface area contributed by atoms with Crippen molar-refractivity contribution in [2.24, 2.45) is 13.0 Å². The van der Waals surface area contributed by atoms with E-state index in [9.17, 15) is 27.9 Å². The van der Waals surface area contributed by atoms with Gasteiger partial charge in [-0.1, -0.05) is 55.1 Å². The quantitative estimate of drug-likeness (QED) is 0.357. The fourth-order valence-electron chi connectivity index (χ4n) is 5.30. The number of ether oxygens (including phenoxy) is 2. The van der Waals surface area contributed by atoms with E-state index in [-0.39, 0.29) is 37.7 Å². The number of amides is 2. The highest BCUT2D eigenvalue weighted by Crippen LogP contribution is 2.43. The predicted molar refractivity (Wildman–Crippen MR) is 151 cm³/mol. The van der Waals surface area contributed by atoms with Gasteiger partial charge in [0.1, 0.15) is 12.4 Å². The normalized spacial score (nSPS) is 24.2. The molecule has 1 aromatic heterocycles. The van der Waals surface area contributed by atoms with Crippen LogP contribution in [0.2, 0.25) is 0 Å². The molecule has 3 heterocycles. The number of carbonyl (C=O) groups excluding carboxylic acids is 2. The van der Waals surface area contributed by atoms with Crippen molar-refractivity contribution in [3.05, 3.63) is 71.5 Å². The van der Waals surface area contributed by atoms with Crippen molar-refractivity contribution in [3.63, 3.8) is 0 Å². The van der Waals surface area contributed by atoms with Crippen LogP contribution in [0.25, 0.3) is 0 Å². The Labute approximate surface area is 250 Å². The van der Waals surface area contributed by atoms with Gasteiger partial charge in [-0.3, -0.25) is 9.59 Å². The summed E-state index contributed by atoms with van der Waals surface area (Å²) < 4.78 is 53.9. The van der Waals surface area contributed by atoms with Crippen LogP contribution in [0.3, 0.4) is 0 Å². The fraction of sp³-hybridized carbons (Fsp3) is 0.448. The smallest absolute Gasteiger partial charge is 0.392 e. The Morgan fingerprint density at radius 1 is 1.14 bits per heavy atom. The third kappa shape index (κ3) is 7.03. The van der Waals surface area contributed by atoms with Crippen LogP contribution < -0.4 is 5.32 Å². The number of carbonyl (C=O) groups is 2. The summed E-state index contributed by atoms with van der Waals surface area (Å²) in [7, 11) is 1.86. The van der Waals surface area contributed by atoms with E-state index in [4.69, 9.17) is 9.47 Å². The first-order chi connectivity index (χ1) is 20.5. The molecule has 2 saturated heterocycles. The van der Waals surface area contributed by atoms with E-state index >= 15 is 0 Å². The number of benzene rings is 2. The molecule has 2 N–H and O–H groups in total. The number of nitrogens with zero attached hydrogens (tertiary/aromatic N) is 4. The summed E-state index contributed by atoms with van der Waals surface area (Å²) in [5.41, 5.74) is 2.63. The van der Waals surface area contributed by atoms with Gasteiger partial charge in [0, 0.05) is 36.5 Å². The van der Waals surface area contributed by atoms with Crippen molar-refractivity contribution in [1.29, 1.82) is 0 Å². The maximum absolute atomic E-state index is 13.1. The van der Waals surface area contributed by atoms with Crippen molar-refractivity contribution in [2.75, 3.05) is 17.6 Å². The van der Waals surface area contributed by atoms with E-state index in [1.807, 2.05) is 42.8 Å². The number of hydrogen-bond acceptors (Lipinski definition) is 8. The molecule has 2 aromatic carbocycles. The van der Waals surface area contributed by atoms with E-state index in [1.165, 1.54) is 11.8 Å². The summed E-state index contributed by atoms with van der Waals surface area (Å²) in [6, 6.07) is 13.0. The highest BCUT2D eigenvalue weighted by atomic mass is 32.2. The summed E-state index contributed by atoms with van der Waals surface area (Å²) in [6.07, 6.45) is -4.45. The molecule has 3 aromatic rings. The molecule has 0 spiro atoms. The summed E-state index contributed by atoms with van der Waals surface area (Å²) >= 11 is 1.50. The minimum Gasteiger partial charge on any atom is -0.392 e. The highest BCUT2D eigenvalue weighted by Gasteiger charge is 2.47. The molecule has 2 aliphatic rings. The first-order valence-electron chi connectivity index (χ1n) is 13.8. The lowest BCUT2D eigenvalue weighted by atomic mass is 9.91. The van der Waals surface area contributed by atoms with Crippen molar-refractivity contribution in [3.8, 4) is 0 Å². The van der Waals surface area contributed by atoms with Gasteiger partial charge < -0.3 is 29.4 Å². The number of nitrogens with one attached hydrogen (secondary N) is 1. The maximum Gasteiger partial charge on any atom is 0.471 e. The Bertz CT molecular complexity index is 1440. The molecule has 14 heteroatoms. The molecule has 5 atom stereocenters. The molecular weight excluding hydrogens is 587 g/mol. The second-order valence-electron chi connectivity index (χ2n) is 10.6. The summed E-state index contributed by atoms with van der Waals surface area (Å²) in [6.45, 7) is 1.83. The van der Waals surface area contributed by atoms with Gasteiger partial charge in [-0.15, -0.1) is 10.2 Å². The van der Waals surface area contributed by atoms with E-state index in [2.05, 4.69) is 15.5 Å². The van der Waals surface area contributed by atoms with Gasteiger partial charge in [-0.05, 0) is 36.1 Å². The van der Waals surface area contributed by atoms with E-state index in [0.717, 1.165) is 16.3 Å². The molecule has 0 aliphatic carbocycles. The average Bonchev–Trinajstić information content (AvgIpc) is 3.65. The van der Waals surface area contributed by atoms with Gasteiger partial charge in [0.2, 0.25) is 5.91 Å². The molecular formula is C29H32F3N5O5S. The van der Waals surface area contributed by atoms with Gasteiger partial charge in [0.05, 0.1) is 18.8 Å². The zero-order valence-electron chi connectivity index (χ0n) is 23.5. The molecule has 10 nitrogen and oxygen atoms in total. The second kappa shape index (κ2) is 13.0. The van der Waals surface area contributed by atoms with Crippen LogP contribution in [0, 0.1) is 5.92 Å². The molecule has 2 aliphatic heterocycles. The molecule has 0 radical (unpaired) electrons. The molecule has 5 unspecified atom stereocenters. The summed E-state index contributed by atoms with van der Waals surface area (Å²) in [5, 5.41) is 20.9. The maximum atomic E-state index is 13.1. The predicted octanol–water partition coefficient (Wildman–Crippen LogP) is 4.38. The number of rotatable bonds is 8. The molecule has 43 heavy (non-hydrogen) atoms. The molecule has 230 valence electrons. The third-order valence-electron chi connectivity index (χ3n) is 7.66. The van der Waals surface area contributed by atoms with Crippen molar-refractivity contribution >= 4 is 29.3 Å². The van der Waals surface area contributed by atoms with E-state index in [1.54, 1.807) is 30.6 Å². The van der Waals surface area contributed by atoms with Crippen LogP contribution in [0.15, 0.2) is 60.0 Å². The van der Waals surface area contributed by atoms with Gasteiger partial charge in [0.15, 0.2) is 11.4 Å². The first kappa shape index (κ1) is 31.0. The number of aliphatic hydroxyl groups excluding tert-OH is 1. The number of aryl methyl sites for hydroxylation is 1. The average molecular weight is 620 g/mol. The SMILES string of the molecule is CC1C(CSc2nncn2C)OC(c2cccc(NC(=O)C3CCCN3C(=O)C(F)(F)F)c2)OC1c1ccc(CO)cc1. The molecule has 2 amide bonds. The van der Waals surface area contributed by atoms with Crippen LogP contribution in [0.1, 0.15) is 48.8 Å². The van der Waals surface area contributed by atoms with Crippen molar-refractivity contribution in [1.82, 2.24) is 19.7 Å². The Kier molecular flexibility index (Phi) is 9.39. The van der Waals surface area contributed by atoms with E-state index in [0.29, 0.717) is 28.3 Å². The standard InChI is InChI=1S/C29H32F3N5O5S/c1-17-23(15-43-28-35-33-16-36(28)2)41-26(42-24(17)19-10-8-18(14-38)9-11-19)20-5-3-6-21(13-20)34-25(39)22-7-4-12-37(22)27(40)29(30,31)32/h3,5-6,8-11,13,16-17,22-24,26,38H,4,7,12,14-15H2,1-2H3,(H,34,39). The Balaban J connectivity index is 1.35. The monoisotopic (exact) mass is 619 g/mol. The van der Waals surface area contributed by atoms with Crippen LogP contribution >= 0.6 is 11.8 Å². The van der Waals surface area contributed by atoms with Crippen molar-refractivity contribution < 1.29 is 37.3 Å². The minimum absolute atomic E-state index is 0.0700. The zero-order chi connectivity index (χ0) is 30.7. The number of likely N-dealkylation sites (tertiary alicyclic amines) is 1. The molecule has 5 rings (SSSR count). The Morgan fingerprint density at radius 2 is 1.91 bits per heavy atom. The van der Waals surface area contributed by atoms with Crippen LogP contribution in [-0.4, -0.2) is 67.2 Å². The number of thioether (sulfide) groups is 1. The first-order valence-corrected chi connectivity index (χ1v) is 14.8. The zero-order valence-corrected chi connectivity index (χ0v) is 24.3. The molecule has 0 bridgehead atoms. The Morgan fingerprint density at radius 3 is 2.58 bits per heavy atom. The van der Waals surface area contributed by atoms with Crippen molar-refractivity contribution in [2.45, 2.75) is 62.2 Å². The van der Waals surface area contributed by atoms with Gasteiger partial charge in [-0.25, -0.2) is 0 Å². The third-order valence-corrected chi connectivity index (χ3v) is 8.78. The van der Waals surface area contributed by atoms with Crippen LogP contribution in [-0.2, 0) is 32.7 Å². The number of anilines is 1. The number of aliphatic hydroxyl groups is 1. The van der Waals surface area contributed by atoms with Gasteiger partial charge in [-0.2, -0.15) is 13.2 Å². The number of hydrogen-bond donors (Lipinski definition) is 2. The van der Waals surface area contributed by atoms with Gasteiger partial charge in [0.25, 0.3) is 0 Å².